The van der Waals surface area contributed by atoms with Crippen LogP contribution < -0.4 is 5.32 Å². The van der Waals surface area contributed by atoms with Gasteiger partial charge < -0.3 is 10.1 Å². The molecule has 1 aromatic rings. The van der Waals surface area contributed by atoms with Crippen molar-refractivity contribution in [3.8, 4) is 6.07 Å². The van der Waals surface area contributed by atoms with Gasteiger partial charge in [0.2, 0.25) is 0 Å². The van der Waals surface area contributed by atoms with Gasteiger partial charge in [-0.1, -0.05) is 0 Å². The zero-order valence-corrected chi connectivity index (χ0v) is 10.9. The van der Waals surface area contributed by atoms with E-state index in [1.807, 2.05) is 6.07 Å². The van der Waals surface area contributed by atoms with Gasteiger partial charge in [-0.3, -0.25) is 4.90 Å². The first kappa shape index (κ1) is 13.8. The van der Waals surface area contributed by atoms with Crippen molar-refractivity contribution in [3.05, 3.63) is 29.6 Å². The normalized spacial score (nSPS) is 16.6. The minimum Gasteiger partial charge on any atom is -0.383 e. The molecule has 1 N–H and O–H groups in total. The Kier molecular flexibility index (Phi) is 5.13. The monoisotopic (exact) mass is 263 g/mol. The molecule has 0 bridgehead atoms. The molecule has 0 radical (unpaired) electrons. The zero-order chi connectivity index (χ0) is 13.5. The van der Waals surface area contributed by atoms with Gasteiger partial charge >= 0.3 is 0 Å². The van der Waals surface area contributed by atoms with E-state index in [2.05, 4.69) is 10.2 Å². The molecule has 0 saturated carbocycles. The average Bonchev–Trinajstić information content (AvgIpc) is 2.69. The summed E-state index contributed by atoms with van der Waals surface area (Å²) in [5.74, 6) is -0.383. The molecule has 2 rings (SSSR count). The minimum absolute atomic E-state index is 0.346. The van der Waals surface area contributed by atoms with Gasteiger partial charge in [-0.05, 0) is 24.6 Å². The van der Waals surface area contributed by atoms with E-state index in [4.69, 9.17) is 10.00 Å². The lowest BCUT2D eigenvalue weighted by atomic mass is 10.2. The Labute approximate surface area is 112 Å². The Morgan fingerprint density at radius 1 is 1.37 bits per heavy atom. The maximum atomic E-state index is 13.0. The molecule has 1 aliphatic rings. The van der Waals surface area contributed by atoms with Gasteiger partial charge in [0.15, 0.2) is 0 Å². The van der Waals surface area contributed by atoms with Crippen molar-refractivity contribution in [1.82, 2.24) is 4.90 Å². The molecule has 0 atom stereocenters. The lowest BCUT2D eigenvalue weighted by molar-refractivity contribution is 0.142. The number of hydrogen-bond acceptors (Lipinski definition) is 4. The molecular weight excluding hydrogens is 245 g/mol. The minimum atomic E-state index is -0.383. The Hall–Kier alpha value is -1.64. The number of nitrogens with one attached hydrogen (secondary N) is 1. The molecule has 0 aromatic heterocycles. The Morgan fingerprint density at radius 2 is 2.26 bits per heavy atom. The molecule has 4 nitrogen and oxygen atoms in total. The van der Waals surface area contributed by atoms with Crippen molar-refractivity contribution < 1.29 is 9.13 Å². The number of nitriles is 1. The van der Waals surface area contributed by atoms with Gasteiger partial charge in [-0.25, -0.2) is 4.39 Å². The summed E-state index contributed by atoms with van der Waals surface area (Å²) in [6.07, 6.45) is 1.06. The topological polar surface area (TPSA) is 48.3 Å². The van der Waals surface area contributed by atoms with Crippen LogP contribution in [-0.2, 0) is 4.74 Å². The van der Waals surface area contributed by atoms with E-state index < -0.39 is 0 Å². The number of anilines is 1. The summed E-state index contributed by atoms with van der Waals surface area (Å²) in [6.45, 7) is 5.22. The number of benzene rings is 1. The van der Waals surface area contributed by atoms with E-state index in [1.165, 1.54) is 12.1 Å². The van der Waals surface area contributed by atoms with Crippen molar-refractivity contribution in [1.29, 1.82) is 5.26 Å². The molecule has 5 heteroatoms. The standard InChI is InChI=1S/C14H18FN3O/c15-13-2-3-14(12(10-13)11-16)17-4-6-18-5-1-8-19-9-7-18/h2-3,10,17H,1,4-9H2. The highest BCUT2D eigenvalue weighted by Crippen LogP contribution is 2.15. The van der Waals surface area contributed by atoms with Crippen LogP contribution in [0.1, 0.15) is 12.0 Å². The van der Waals surface area contributed by atoms with Crippen LogP contribution in [0, 0.1) is 17.1 Å². The number of ether oxygens (including phenoxy) is 1. The maximum absolute atomic E-state index is 13.0. The predicted molar refractivity (Wildman–Crippen MR) is 71.5 cm³/mol. The van der Waals surface area contributed by atoms with Crippen molar-refractivity contribution in [2.45, 2.75) is 6.42 Å². The van der Waals surface area contributed by atoms with E-state index in [0.29, 0.717) is 11.3 Å². The number of halogens is 1. The van der Waals surface area contributed by atoms with Gasteiger partial charge in [-0.2, -0.15) is 5.26 Å². The third-order valence-electron chi connectivity index (χ3n) is 3.16. The highest BCUT2D eigenvalue weighted by Gasteiger charge is 2.09. The first-order chi connectivity index (χ1) is 9.29. The Bertz CT molecular complexity index is 450. The highest BCUT2D eigenvalue weighted by molar-refractivity contribution is 5.57. The fourth-order valence-corrected chi connectivity index (χ4v) is 2.13. The van der Waals surface area contributed by atoms with Gasteiger partial charge in [0.25, 0.3) is 0 Å². The third-order valence-corrected chi connectivity index (χ3v) is 3.16. The van der Waals surface area contributed by atoms with Gasteiger partial charge in [-0.15, -0.1) is 0 Å². The summed E-state index contributed by atoms with van der Waals surface area (Å²) in [5, 5.41) is 12.1. The SMILES string of the molecule is N#Cc1cc(F)ccc1NCCN1CCCOCC1. The molecule has 0 aliphatic carbocycles. The molecular formula is C14H18FN3O. The number of rotatable bonds is 4. The van der Waals surface area contributed by atoms with Gasteiger partial charge in [0, 0.05) is 32.8 Å². The maximum Gasteiger partial charge on any atom is 0.124 e. The van der Waals surface area contributed by atoms with E-state index >= 15 is 0 Å². The highest BCUT2D eigenvalue weighted by atomic mass is 19.1. The van der Waals surface area contributed by atoms with Crippen LogP contribution in [-0.4, -0.2) is 44.3 Å². The first-order valence-corrected chi connectivity index (χ1v) is 6.53. The average molecular weight is 263 g/mol. The van der Waals surface area contributed by atoms with Crippen molar-refractivity contribution in [3.63, 3.8) is 0 Å². The van der Waals surface area contributed by atoms with Crippen LogP contribution in [0.5, 0.6) is 0 Å². The van der Waals surface area contributed by atoms with E-state index in [0.717, 1.165) is 45.8 Å². The zero-order valence-electron chi connectivity index (χ0n) is 10.9. The molecule has 102 valence electrons. The fourth-order valence-electron chi connectivity index (χ4n) is 2.13. The first-order valence-electron chi connectivity index (χ1n) is 6.53. The van der Waals surface area contributed by atoms with Crippen LogP contribution in [0.3, 0.4) is 0 Å². The molecule has 1 fully saturated rings. The second-order valence-corrected chi connectivity index (χ2v) is 4.54. The lowest BCUT2D eigenvalue weighted by Crippen LogP contribution is -2.31. The Morgan fingerprint density at radius 3 is 3.11 bits per heavy atom. The van der Waals surface area contributed by atoms with Crippen molar-refractivity contribution in [2.75, 3.05) is 44.7 Å². The molecule has 1 heterocycles. The molecule has 0 amide bonds. The van der Waals surface area contributed by atoms with Crippen LogP contribution in [0.25, 0.3) is 0 Å². The van der Waals surface area contributed by atoms with Crippen molar-refractivity contribution in [2.24, 2.45) is 0 Å². The van der Waals surface area contributed by atoms with Crippen LogP contribution in [0.4, 0.5) is 10.1 Å². The molecule has 1 aliphatic heterocycles. The van der Waals surface area contributed by atoms with Crippen molar-refractivity contribution >= 4 is 5.69 Å². The molecule has 0 spiro atoms. The molecule has 1 saturated heterocycles. The molecule has 1 aromatic carbocycles. The van der Waals surface area contributed by atoms with Crippen LogP contribution >= 0.6 is 0 Å². The second-order valence-electron chi connectivity index (χ2n) is 4.54. The molecule has 0 unspecified atom stereocenters. The lowest BCUT2D eigenvalue weighted by Gasteiger charge is -2.19. The second kappa shape index (κ2) is 7.07. The van der Waals surface area contributed by atoms with Gasteiger partial charge in [0.05, 0.1) is 17.9 Å². The third kappa shape index (κ3) is 4.19. The number of hydrogen-bond donors (Lipinski definition) is 1. The van der Waals surface area contributed by atoms with E-state index in [9.17, 15) is 4.39 Å². The fraction of sp³-hybridized carbons (Fsp3) is 0.500. The van der Waals surface area contributed by atoms with Gasteiger partial charge in [0.1, 0.15) is 11.9 Å². The Balaban J connectivity index is 1.83. The number of nitrogens with zero attached hydrogens (tertiary/aromatic N) is 2. The summed E-state index contributed by atoms with van der Waals surface area (Å²) in [7, 11) is 0. The van der Waals surface area contributed by atoms with Crippen LogP contribution in [0.2, 0.25) is 0 Å². The van der Waals surface area contributed by atoms with Crippen LogP contribution in [0.15, 0.2) is 18.2 Å². The van der Waals surface area contributed by atoms with E-state index in [1.54, 1.807) is 6.07 Å². The largest absolute Gasteiger partial charge is 0.383 e. The smallest absolute Gasteiger partial charge is 0.124 e. The quantitative estimate of drug-likeness (QED) is 0.900. The summed E-state index contributed by atoms with van der Waals surface area (Å²) >= 11 is 0. The summed E-state index contributed by atoms with van der Waals surface area (Å²) in [4.78, 5) is 2.33. The molecule has 19 heavy (non-hydrogen) atoms. The summed E-state index contributed by atoms with van der Waals surface area (Å²) in [5.41, 5.74) is 1.04. The summed E-state index contributed by atoms with van der Waals surface area (Å²) in [6, 6.07) is 6.23. The van der Waals surface area contributed by atoms with E-state index in [-0.39, 0.29) is 5.82 Å². The predicted octanol–water partition coefficient (Wildman–Crippen LogP) is 1.83. The summed E-state index contributed by atoms with van der Waals surface area (Å²) < 4.78 is 18.4.